The lowest BCUT2D eigenvalue weighted by atomic mass is 9.85. The lowest BCUT2D eigenvalue weighted by Crippen LogP contribution is -2.63. The van der Waals surface area contributed by atoms with Crippen molar-refractivity contribution in [2.45, 2.75) is 127 Å². The third-order valence-electron chi connectivity index (χ3n) is 11.8. The molecule has 3 N–H and O–H groups in total. The molecule has 2 saturated carbocycles. The molecule has 0 spiro atoms. The van der Waals surface area contributed by atoms with E-state index in [1.807, 2.05) is 70.2 Å². The standard InChI is InChI=1S/C42H55N7O7S/c1-27-20-21-42(25-27,39(52)47-57(54,55)32-18-19-32)44-37(50)33-24-31-26-48(33)38(51)36(41(2,3)4)43-40(53)56-22-11-6-5-8-13-28-14-12-17-30(23-28)35-34(45-49(31)46-35)29-15-9-7-10-16-29/h7,9-10,12,14-17,23,27,31-33,36H,5-6,8,11,13,18-22,24-26H2,1-4H3,(H,43,53)(H,44,50)(H,47,52)/t27?,31-,33+,36-,42-/m1/s1. The van der Waals surface area contributed by atoms with E-state index in [1.165, 1.54) is 4.90 Å². The summed E-state index contributed by atoms with van der Waals surface area (Å²) in [7, 11) is -3.89. The smallest absolute Gasteiger partial charge is 0.407 e. The highest BCUT2D eigenvalue weighted by atomic mass is 32.2. The highest BCUT2D eigenvalue weighted by Crippen LogP contribution is 2.39. The van der Waals surface area contributed by atoms with Crippen molar-refractivity contribution < 1.29 is 32.3 Å². The Kier molecular flexibility index (Phi) is 11.5. The number of aromatic nitrogens is 3. The Hall–Kier alpha value is -4.79. The first kappa shape index (κ1) is 40.4. The average molecular weight is 802 g/mol. The van der Waals surface area contributed by atoms with Crippen LogP contribution in [0.25, 0.3) is 22.5 Å². The van der Waals surface area contributed by atoms with Gasteiger partial charge in [0, 0.05) is 24.1 Å². The largest absolute Gasteiger partial charge is 0.450 e. The highest BCUT2D eigenvalue weighted by Gasteiger charge is 2.52. The van der Waals surface area contributed by atoms with Crippen LogP contribution in [-0.2, 0) is 35.6 Å². The summed E-state index contributed by atoms with van der Waals surface area (Å²) in [6.45, 7) is 7.70. The number of amides is 4. The van der Waals surface area contributed by atoms with Crippen LogP contribution < -0.4 is 15.4 Å². The van der Waals surface area contributed by atoms with Crippen LogP contribution in [0.5, 0.6) is 0 Å². The van der Waals surface area contributed by atoms with Crippen molar-refractivity contribution in [3.05, 3.63) is 60.2 Å². The second-order valence-corrected chi connectivity index (χ2v) is 19.5. The lowest BCUT2D eigenvalue weighted by molar-refractivity contribution is -0.143. The number of rotatable bonds is 6. The number of ether oxygens (including phenoxy) is 1. The quantitative estimate of drug-likeness (QED) is 0.298. The van der Waals surface area contributed by atoms with Crippen LogP contribution >= 0.6 is 0 Å². The average Bonchev–Trinajstić information content (AvgIpc) is 3.62. The summed E-state index contributed by atoms with van der Waals surface area (Å²) >= 11 is 0. The van der Waals surface area contributed by atoms with E-state index >= 15 is 0 Å². The van der Waals surface area contributed by atoms with E-state index in [1.54, 1.807) is 4.80 Å². The van der Waals surface area contributed by atoms with Gasteiger partial charge in [0.25, 0.3) is 5.91 Å². The van der Waals surface area contributed by atoms with Crippen LogP contribution in [0.4, 0.5) is 4.79 Å². The molecule has 1 aromatic heterocycles. The molecular weight excluding hydrogens is 747 g/mol. The van der Waals surface area contributed by atoms with E-state index in [4.69, 9.17) is 14.9 Å². The molecular formula is C42H55N7O7S. The van der Waals surface area contributed by atoms with Gasteiger partial charge < -0.3 is 20.3 Å². The third-order valence-corrected chi connectivity index (χ3v) is 13.6. The number of hydrogen-bond donors (Lipinski definition) is 3. The predicted molar refractivity (Wildman–Crippen MR) is 214 cm³/mol. The first-order valence-corrected chi connectivity index (χ1v) is 21.9. The summed E-state index contributed by atoms with van der Waals surface area (Å²) in [6.07, 6.45) is 5.80. The van der Waals surface area contributed by atoms with Gasteiger partial charge >= 0.3 is 6.09 Å². The van der Waals surface area contributed by atoms with Crippen molar-refractivity contribution in [3.63, 3.8) is 0 Å². The van der Waals surface area contributed by atoms with Crippen molar-refractivity contribution in [1.29, 1.82) is 0 Å². The Morgan fingerprint density at radius 3 is 2.32 bits per heavy atom. The van der Waals surface area contributed by atoms with Gasteiger partial charge in [-0.1, -0.05) is 89.1 Å². The van der Waals surface area contributed by atoms with Crippen molar-refractivity contribution in [1.82, 2.24) is 35.2 Å². The maximum atomic E-state index is 14.8. The van der Waals surface area contributed by atoms with Gasteiger partial charge in [-0.25, -0.2) is 13.2 Å². The number of nitrogens with one attached hydrogen (secondary N) is 3. The predicted octanol–water partition coefficient (Wildman–Crippen LogP) is 5.29. The molecule has 3 aromatic rings. The van der Waals surface area contributed by atoms with E-state index in [-0.39, 0.29) is 38.3 Å². The zero-order valence-corrected chi connectivity index (χ0v) is 34.1. The summed E-state index contributed by atoms with van der Waals surface area (Å²) < 4.78 is 33.7. The van der Waals surface area contributed by atoms with Gasteiger partial charge in [0.1, 0.15) is 29.0 Å². The van der Waals surface area contributed by atoms with Crippen molar-refractivity contribution in [3.8, 4) is 22.5 Å². The number of fused-ring (bicyclic) bond motifs is 8. The molecule has 4 aliphatic rings. The molecule has 57 heavy (non-hydrogen) atoms. The number of alkyl carbamates (subject to hydrolysis) is 1. The van der Waals surface area contributed by atoms with Gasteiger partial charge in [-0.05, 0) is 74.3 Å². The zero-order valence-electron chi connectivity index (χ0n) is 33.3. The maximum absolute atomic E-state index is 14.8. The molecule has 6 bridgehead atoms. The van der Waals surface area contributed by atoms with Crippen LogP contribution in [0.1, 0.15) is 104 Å². The molecule has 3 fully saturated rings. The lowest BCUT2D eigenvalue weighted by Gasteiger charge is -2.36. The van der Waals surface area contributed by atoms with Gasteiger partial charge in [-0.2, -0.15) is 15.0 Å². The highest BCUT2D eigenvalue weighted by molar-refractivity contribution is 7.91. The van der Waals surface area contributed by atoms with Gasteiger partial charge in [0.2, 0.25) is 21.8 Å². The molecule has 3 heterocycles. The number of benzene rings is 2. The van der Waals surface area contributed by atoms with Gasteiger partial charge in [0.05, 0.1) is 17.9 Å². The summed E-state index contributed by atoms with van der Waals surface area (Å²) in [5, 5.41) is 15.2. The van der Waals surface area contributed by atoms with Crippen LogP contribution in [0.2, 0.25) is 0 Å². The Bertz CT molecular complexity index is 2100. The number of hydrogen-bond acceptors (Lipinski definition) is 9. The summed E-state index contributed by atoms with van der Waals surface area (Å²) in [5.41, 5.74) is 2.00. The summed E-state index contributed by atoms with van der Waals surface area (Å²) in [5.74, 6) is -1.79. The molecule has 2 aliphatic heterocycles. The molecule has 1 saturated heterocycles. The minimum atomic E-state index is -3.89. The fraction of sp³-hybridized carbons (Fsp3) is 0.571. The second kappa shape index (κ2) is 16.2. The summed E-state index contributed by atoms with van der Waals surface area (Å²) in [4.78, 5) is 59.6. The SMILES string of the molecule is CC1CC[C@](NC(=O)[C@@H]2C[C@@H]3CN2C(=O)[C@H](C(C)(C)C)NC(=O)OCCCCCCc2cccc(c2)-c2nn3nc2-c2ccccc2)(C(=O)NS(=O)(=O)C2CC2)C1. The van der Waals surface area contributed by atoms with Crippen molar-refractivity contribution in [2.24, 2.45) is 11.3 Å². The Morgan fingerprint density at radius 1 is 0.930 bits per heavy atom. The van der Waals surface area contributed by atoms with Crippen LogP contribution in [0.3, 0.4) is 0 Å². The van der Waals surface area contributed by atoms with Crippen LogP contribution in [-0.4, -0.2) is 88.2 Å². The van der Waals surface area contributed by atoms with Crippen LogP contribution in [0.15, 0.2) is 54.6 Å². The Labute approximate surface area is 334 Å². The molecule has 2 aromatic carbocycles. The second-order valence-electron chi connectivity index (χ2n) is 17.5. The minimum Gasteiger partial charge on any atom is -0.450 e. The van der Waals surface area contributed by atoms with Crippen molar-refractivity contribution in [2.75, 3.05) is 13.2 Å². The first-order chi connectivity index (χ1) is 27.1. The van der Waals surface area contributed by atoms with Crippen LogP contribution in [0, 0.1) is 11.3 Å². The van der Waals surface area contributed by atoms with E-state index in [2.05, 4.69) is 27.5 Å². The first-order valence-electron chi connectivity index (χ1n) is 20.4. The molecule has 5 atom stereocenters. The van der Waals surface area contributed by atoms with Gasteiger partial charge in [-0.3, -0.25) is 19.1 Å². The monoisotopic (exact) mass is 801 g/mol. The van der Waals surface area contributed by atoms with E-state index in [0.29, 0.717) is 37.1 Å². The number of carbonyl (C=O) groups excluding carboxylic acids is 4. The Morgan fingerprint density at radius 2 is 1.63 bits per heavy atom. The fourth-order valence-corrected chi connectivity index (χ4v) is 9.79. The molecule has 14 nitrogen and oxygen atoms in total. The van der Waals surface area contributed by atoms with E-state index < -0.39 is 68.2 Å². The number of sulfonamides is 1. The maximum Gasteiger partial charge on any atom is 0.407 e. The molecule has 15 heteroatoms. The number of cyclic esters (lactones) is 1. The summed E-state index contributed by atoms with van der Waals surface area (Å²) in [6, 6.07) is 15.3. The number of carbonyl (C=O) groups is 4. The van der Waals surface area contributed by atoms with Crippen molar-refractivity contribution >= 4 is 33.8 Å². The third kappa shape index (κ3) is 9.03. The number of nitrogens with zero attached hydrogens (tertiary/aromatic N) is 4. The van der Waals surface area contributed by atoms with E-state index in [0.717, 1.165) is 42.4 Å². The molecule has 0 radical (unpaired) electrons. The molecule has 1 unspecified atom stereocenters. The molecule has 7 rings (SSSR count). The molecule has 306 valence electrons. The normalized spacial score (nSPS) is 26.3. The van der Waals surface area contributed by atoms with Gasteiger partial charge in [0.15, 0.2) is 0 Å². The molecule has 4 amide bonds. The fourth-order valence-electron chi connectivity index (χ4n) is 8.42. The van der Waals surface area contributed by atoms with Gasteiger partial charge in [-0.15, -0.1) is 0 Å². The minimum absolute atomic E-state index is 0.0360. The number of aryl methyl sites for hydroxylation is 1. The molecule has 2 aliphatic carbocycles. The zero-order chi connectivity index (χ0) is 40.5. The van der Waals surface area contributed by atoms with E-state index in [9.17, 15) is 27.6 Å². The Balaban J connectivity index is 1.28. The topological polar surface area (TPSA) is 182 Å².